The minimum Gasteiger partial charge on any atom is -0.479 e. The third-order valence-corrected chi connectivity index (χ3v) is 6.74. The summed E-state index contributed by atoms with van der Waals surface area (Å²) in [6.07, 6.45) is 1.20. The Hall–Kier alpha value is -1.67. The lowest BCUT2D eigenvalue weighted by Gasteiger charge is -2.33. The first kappa shape index (κ1) is 19.6. The van der Waals surface area contributed by atoms with Gasteiger partial charge in [-0.15, -0.1) is 0 Å². The number of carbonyl (C=O) groups is 1. The van der Waals surface area contributed by atoms with E-state index in [4.69, 9.17) is 0 Å². The van der Waals surface area contributed by atoms with E-state index in [0.717, 1.165) is 25.0 Å². The van der Waals surface area contributed by atoms with Crippen LogP contribution >= 0.6 is 0 Å². The molecule has 1 saturated carbocycles. The Kier molecular flexibility index (Phi) is 4.69. The van der Waals surface area contributed by atoms with E-state index in [-0.39, 0.29) is 24.1 Å². The highest BCUT2D eigenvalue weighted by molar-refractivity contribution is 5.80. The summed E-state index contributed by atoms with van der Waals surface area (Å²) in [6.45, 7) is 0. The van der Waals surface area contributed by atoms with Gasteiger partial charge in [0.2, 0.25) is 5.92 Å². The SMILES string of the molecule is O=C(O)[C@](O)(c1ccc(F)c(C2CC3CCC(C2)N3)c1F)[C@@H]1CCC(F)(F)C1. The second kappa shape index (κ2) is 6.69. The fourth-order valence-corrected chi connectivity index (χ4v) is 5.35. The average molecular weight is 401 g/mol. The molecule has 154 valence electrons. The first-order valence-electron chi connectivity index (χ1n) is 9.70. The van der Waals surface area contributed by atoms with Crippen molar-refractivity contribution in [1.82, 2.24) is 5.32 Å². The van der Waals surface area contributed by atoms with Crippen molar-refractivity contribution in [2.75, 3.05) is 0 Å². The molecule has 1 aromatic carbocycles. The molecular weight excluding hydrogens is 378 g/mol. The number of rotatable bonds is 4. The van der Waals surface area contributed by atoms with Crippen LogP contribution in [0, 0.1) is 17.6 Å². The van der Waals surface area contributed by atoms with Crippen LogP contribution in [0.1, 0.15) is 62.0 Å². The number of halogens is 4. The summed E-state index contributed by atoms with van der Waals surface area (Å²) in [5, 5.41) is 23.9. The van der Waals surface area contributed by atoms with Crippen LogP contribution in [0.2, 0.25) is 0 Å². The van der Waals surface area contributed by atoms with Crippen molar-refractivity contribution in [3.05, 3.63) is 34.9 Å². The largest absolute Gasteiger partial charge is 0.479 e. The Bertz CT molecular complexity index is 790. The minimum atomic E-state index is -3.11. The van der Waals surface area contributed by atoms with E-state index in [0.29, 0.717) is 12.8 Å². The molecule has 3 aliphatic rings. The van der Waals surface area contributed by atoms with Crippen molar-refractivity contribution in [2.45, 2.75) is 74.5 Å². The maximum atomic E-state index is 15.4. The molecule has 2 saturated heterocycles. The number of piperidine rings is 1. The summed E-state index contributed by atoms with van der Waals surface area (Å²) in [5.74, 6) is -8.61. The molecule has 0 spiro atoms. The lowest BCUT2D eigenvalue weighted by molar-refractivity contribution is -0.168. The molecule has 0 aromatic heterocycles. The molecule has 1 aromatic rings. The van der Waals surface area contributed by atoms with E-state index in [1.165, 1.54) is 0 Å². The third kappa shape index (κ3) is 3.10. The Morgan fingerprint density at radius 2 is 1.79 bits per heavy atom. The van der Waals surface area contributed by atoms with Crippen LogP contribution in [-0.4, -0.2) is 34.2 Å². The van der Waals surface area contributed by atoms with Gasteiger partial charge < -0.3 is 15.5 Å². The number of alkyl halides is 2. The van der Waals surface area contributed by atoms with Gasteiger partial charge in [-0.3, -0.25) is 0 Å². The van der Waals surface area contributed by atoms with Gasteiger partial charge in [0.05, 0.1) is 0 Å². The molecule has 2 aliphatic heterocycles. The number of aliphatic carboxylic acids is 1. The summed E-state index contributed by atoms with van der Waals surface area (Å²) in [6, 6.07) is 2.13. The van der Waals surface area contributed by atoms with Gasteiger partial charge in [0.15, 0.2) is 5.60 Å². The zero-order valence-electron chi connectivity index (χ0n) is 15.2. The Morgan fingerprint density at radius 3 is 2.32 bits per heavy atom. The molecule has 1 aliphatic carbocycles. The van der Waals surface area contributed by atoms with E-state index in [2.05, 4.69) is 5.32 Å². The predicted molar refractivity (Wildman–Crippen MR) is 92.1 cm³/mol. The lowest BCUT2D eigenvalue weighted by Crippen LogP contribution is -2.44. The summed E-state index contributed by atoms with van der Waals surface area (Å²) in [7, 11) is 0. The molecule has 2 bridgehead atoms. The van der Waals surface area contributed by atoms with Crippen molar-refractivity contribution < 1.29 is 32.6 Å². The Balaban J connectivity index is 1.75. The normalized spacial score (nSPS) is 33.6. The van der Waals surface area contributed by atoms with Crippen LogP contribution in [-0.2, 0) is 10.4 Å². The quantitative estimate of drug-likeness (QED) is 0.674. The average Bonchev–Trinajstić information content (AvgIpc) is 3.15. The molecule has 8 heteroatoms. The van der Waals surface area contributed by atoms with E-state index < -0.39 is 59.4 Å². The molecule has 3 N–H and O–H groups in total. The van der Waals surface area contributed by atoms with Crippen molar-refractivity contribution >= 4 is 5.97 Å². The monoisotopic (exact) mass is 401 g/mol. The van der Waals surface area contributed by atoms with Gasteiger partial charge in [0.1, 0.15) is 11.6 Å². The molecule has 4 atom stereocenters. The van der Waals surface area contributed by atoms with Crippen molar-refractivity contribution in [1.29, 1.82) is 0 Å². The van der Waals surface area contributed by atoms with Crippen molar-refractivity contribution in [3.8, 4) is 0 Å². The molecule has 0 amide bonds. The number of carboxylic acids is 1. The van der Waals surface area contributed by atoms with Crippen LogP contribution in [0.15, 0.2) is 12.1 Å². The van der Waals surface area contributed by atoms with Crippen LogP contribution in [0.25, 0.3) is 0 Å². The molecule has 3 fully saturated rings. The number of benzene rings is 1. The van der Waals surface area contributed by atoms with Gasteiger partial charge in [-0.05, 0) is 50.2 Å². The lowest BCUT2D eigenvalue weighted by atomic mass is 9.77. The zero-order valence-corrected chi connectivity index (χ0v) is 15.2. The van der Waals surface area contributed by atoms with Crippen LogP contribution < -0.4 is 5.32 Å². The van der Waals surface area contributed by atoms with Crippen molar-refractivity contribution in [2.24, 2.45) is 5.92 Å². The number of hydrogen-bond acceptors (Lipinski definition) is 3. The third-order valence-electron chi connectivity index (χ3n) is 6.74. The van der Waals surface area contributed by atoms with Crippen molar-refractivity contribution in [3.63, 3.8) is 0 Å². The number of fused-ring (bicyclic) bond motifs is 2. The first-order valence-corrected chi connectivity index (χ1v) is 9.70. The summed E-state index contributed by atoms with van der Waals surface area (Å²) in [5.41, 5.74) is -3.68. The van der Waals surface area contributed by atoms with Crippen LogP contribution in [0.3, 0.4) is 0 Å². The summed E-state index contributed by atoms with van der Waals surface area (Å²) in [4.78, 5) is 11.9. The number of carboxylic acid groups (broad SMARTS) is 1. The van der Waals surface area contributed by atoms with Crippen LogP contribution in [0.5, 0.6) is 0 Å². The molecular formula is C20H23F4NO3. The van der Waals surface area contributed by atoms with Gasteiger partial charge in [-0.1, -0.05) is 0 Å². The van der Waals surface area contributed by atoms with Gasteiger partial charge in [-0.25, -0.2) is 22.4 Å². The highest BCUT2D eigenvalue weighted by atomic mass is 19.3. The standard InChI is InChI=1S/C20H23F4NO3/c21-15-4-3-14(20(28,18(26)27)11-5-6-19(23,24)9-11)17(22)16(15)10-7-12-1-2-13(8-10)25-12/h3-4,10-13,25,28H,1-2,5-9H2,(H,26,27)/t10?,11-,12?,13?,20-/m1/s1. The predicted octanol–water partition coefficient (Wildman–Crippen LogP) is 3.67. The Morgan fingerprint density at radius 1 is 1.14 bits per heavy atom. The molecule has 4 nitrogen and oxygen atoms in total. The summed E-state index contributed by atoms with van der Waals surface area (Å²) < 4.78 is 57.3. The highest BCUT2D eigenvalue weighted by Crippen LogP contribution is 2.49. The van der Waals surface area contributed by atoms with E-state index in [9.17, 15) is 28.2 Å². The number of nitrogens with one attached hydrogen (secondary N) is 1. The minimum absolute atomic E-state index is 0.151. The zero-order chi connectivity index (χ0) is 20.3. The van der Waals surface area contributed by atoms with E-state index in [1.54, 1.807) is 0 Å². The molecule has 4 rings (SSSR count). The number of aliphatic hydroxyl groups is 1. The molecule has 0 radical (unpaired) electrons. The highest BCUT2D eigenvalue weighted by Gasteiger charge is 2.55. The summed E-state index contributed by atoms with van der Waals surface area (Å²) >= 11 is 0. The van der Waals surface area contributed by atoms with Gasteiger partial charge >= 0.3 is 5.97 Å². The molecule has 2 unspecified atom stereocenters. The smallest absolute Gasteiger partial charge is 0.340 e. The first-order chi connectivity index (χ1) is 13.1. The fraction of sp³-hybridized carbons (Fsp3) is 0.650. The number of hydrogen-bond donors (Lipinski definition) is 3. The van der Waals surface area contributed by atoms with E-state index >= 15 is 4.39 Å². The fourth-order valence-electron chi connectivity index (χ4n) is 5.35. The van der Waals surface area contributed by atoms with Gasteiger partial charge in [0, 0.05) is 42.0 Å². The Labute approximate surface area is 159 Å². The maximum Gasteiger partial charge on any atom is 0.340 e. The molecule has 28 heavy (non-hydrogen) atoms. The second-order valence-electron chi connectivity index (χ2n) is 8.50. The molecule has 2 heterocycles. The second-order valence-corrected chi connectivity index (χ2v) is 8.50. The van der Waals surface area contributed by atoms with Gasteiger partial charge in [0.25, 0.3) is 0 Å². The maximum absolute atomic E-state index is 15.4. The van der Waals surface area contributed by atoms with E-state index in [1.807, 2.05) is 0 Å². The van der Waals surface area contributed by atoms with Gasteiger partial charge in [-0.2, -0.15) is 0 Å². The van der Waals surface area contributed by atoms with Crippen LogP contribution in [0.4, 0.5) is 17.6 Å². The topological polar surface area (TPSA) is 69.6 Å².